The largest absolute Gasteiger partial charge is 0.289 e. The number of nitrogens with one attached hydrogen (secondary N) is 1. The maximum absolute atomic E-state index is 14.1. The number of aromatic amines is 1. The van der Waals surface area contributed by atoms with E-state index in [1.54, 1.807) is 18.2 Å². The number of nitrogens with two attached hydrogens (primary N) is 1. The molecule has 0 atom stereocenters. The highest BCUT2D eigenvalue weighted by atomic mass is 19.1. The van der Waals surface area contributed by atoms with E-state index in [-0.39, 0.29) is 5.82 Å². The lowest BCUT2D eigenvalue weighted by Gasteiger charge is -2.18. The Morgan fingerprint density at radius 3 is 2.70 bits per heavy atom. The molecule has 1 aromatic heterocycles. The summed E-state index contributed by atoms with van der Waals surface area (Å²) >= 11 is 0. The van der Waals surface area contributed by atoms with Gasteiger partial charge in [0.1, 0.15) is 23.1 Å². The summed E-state index contributed by atoms with van der Waals surface area (Å²) in [5.74, 6) is 0.00813. The number of benzene rings is 1. The summed E-state index contributed by atoms with van der Waals surface area (Å²) in [7, 11) is 0. The molecule has 0 spiro atoms. The van der Waals surface area contributed by atoms with Gasteiger partial charge in [-0.1, -0.05) is 18.2 Å². The fourth-order valence-corrected chi connectivity index (χ4v) is 2.91. The second-order valence-electron chi connectivity index (χ2n) is 5.04. The van der Waals surface area contributed by atoms with Crippen LogP contribution in [0.2, 0.25) is 0 Å². The maximum Gasteiger partial charge on any atom is 0.289 e. The Bertz CT molecular complexity index is 716. The molecule has 4 heteroatoms. The Labute approximate surface area is 116 Å². The van der Waals surface area contributed by atoms with Crippen LogP contribution in [0.5, 0.6) is 0 Å². The summed E-state index contributed by atoms with van der Waals surface area (Å²) in [6.45, 7) is 0. The zero-order chi connectivity index (χ0) is 14.1. The number of H-pyrrole nitrogens is 1. The molecule has 20 heavy (non-hydrogen) atoms. The zero-order valence-corrected chi connectivity index (χ0v) is 11.0. The summed E-state index contributed by atoms with van der Waals surface area (Å²) in [6, 6.07) is 8.67. The van der Waals surface area contributed by atoms with Gasteiger partial charge >= 0.3 is 0 Å². The van der Waals surface area contributed by atoms with Crippen LogP contribution < -0.4 is 10.7 Å². The van der Waals surface area contributed by atoms with Crippen molar-refractivity contribution in [3.8, 4) is 17.2 Å². The minimum Gasteiger partial charge on any atom is -0.286 e. The molecule has 1 aliphatic rings. The first kappa shape index (κ1) is 12.6. The molecule has 0 amide bonds. The Hall–Kier alpha value is -2.41. The third kappa shape index (κ3) is 1.92. The molecule has 1 aromatic carbocycles. The summed E-state index contributed by atoms with van der Waals surface area (Å²) in [4.78, 5) is 3.11. The number of hydrogen-bond acceptors (Lipinski definition) is 2. The SMILES string of the molecule is N#Cc1c(N)[nH+]c2c(c1-c1ccccc1F)CCCC2. The molecule has 0 unspecified atom stereocenters. The summed E-state index contributed by atoms with van der Waals surface area (Å²) in [5, 5.41) is 9.38. The summed E-state index contributed by atoms with van der Waals surface area (Å²) in [5.41, 5.74) is 9.48. The molecule has 0 saturated heterocycles. The van der Waals surface area contributed by atoms with Crippen LogP contribution in [0, 0.1) is 17.1 Å². The van der Waals surface area contributed by atoms with Crippen LogP contribution in [0.4, 0.5) is 10.2 Å². The number of anilines is 1. The van der Waals surface area contributed by atoms with Crippen LogP contribution in [0.1, 0.15) is 29.7 Å². The van der Waals surface area contributed by atoms with E-state index in [1.165, 1.54) is 6.07 Å². The Balaban J connectivity index is 2.36. The molecule has 0 aliphatic heterocycles. The van der Waals surface area contributed by atoms with E-state index in [9.17, 15) is 9.65 Å². The van der Waals surface area contributed by atoms with Crippen molar-refractivity contribution < 1.29 is 9.37 Å². The topological polar surface area (TPSA) is 64.0 Å². The summed E-state index contributed by atoms with van der Waals surface area (Å²) < 4.78 is 14.1. The number of halogens is 1. The highest BCUT2D eigenvalue weighted by molar-refractivity contribution is 5.78. The number of hydrogen-bond donors (Lipinski definition) is 1. The number of nitrogen functional groups attached to an aromatic ring is 1. The predicted octanol–water partition coefficient (Wildman–Crippen LogP) is 2.64. The van der Waals surface area contributed by atoms with Gasteiger partial charge < -0.3 is 0 Å². The van der Waals surface area contributed by atoms with E-state index in [0.717, 1.165) is 36.9 Å². The lowest BCUT2D eigenvalue weighted by molar-refractivity contribution is -0.374. The first-order valence-corrected chi connectivity index (χ1v) is 6.74. The third-order valence-electron chi connectivity index (χ3n) is 3.83. The molecule has 0 bridgehead atoms. The number of rotatable bonds is 1. The van der Waals surface area contributed by atoms with Gasteiger partial charge in [0.05, 0.1) is 0 Å². The van der Waals surface area contributed by atoms with E-state index in [1.807, 2.05) is 0 Å². The van der Waals surface area contributed by atoms with Crippen LogP contribution >= 0.6 is 0 Å². The predicted molar refractivity (Wildman–Crippen MR) is 74.2 cm³/mol. The number of nitrogens with zero attached hydrogens (tertiary/aromatic N) is 1. The van der Waals surface area contributed by atoms with Gasteiger partial charge in [-0.25, -0.2) is 9.37 Å². The quantitative estimate of drug-likeness (QED) is 0.864. The second kappa shape index (κ2) is 4.93. The molecule has 3 N–H and O–H groups in total. The van der Waals surface area contributed by atoms with Crippen molar-refractivity contribution >= 4 is 5.82 Å². The first-order valence-electron chi connectivity index (χ1n) is 6.74. The highest BCUT2D eigenvalue weighted by Gasteiger charge is 2.26. The first-order chi connectivity index (χ1) is 9.72. The summed E-state index contributed by atoms with van der Waals surface area (Å²) in [6.07, 6.45) is 3.89. The fraction of sp³-hybridized carbons (Fsp3) is 0.250. The number of nitriles is 1. The van der Waals surface area contributed by atoms with Crippen molar-refractivity contribution in [1.29, 1.82) is 5.26 Å². The van der Waals surface area contributed by atoms with Gasteiger partial charge in [-0.3, -0.25) is 5.73 Å². The average Bonchev–Trinajstić information content (AvgIpc) is 2.46. The molecule has 0 radical (unpaired) electrons. The Morgan fingerprint density at radius 1 is 1.20 bits per heavy atom. The number of pyridine rings is 1. The number of fused-ring (bicyclic) bond motifs is 1. The average molecular weight is 268 g/mol. The van der Waals surface area contributed by atoms with Crippen LogP contribution in [0.15, 0.2) is 24.3 Å². The number of aryl methyl sites for hydroxylation is 1. The zero-order valence-electron chi connectivity index (χ0n) is 11.0. The minimum absolute atomic E-state index is 0.317. The van der Waals surface area contributed by atoms with Gasteiger partial charge in [0.2, 0.25) is 0 Å². The molecule has 1 heterocycles. The van der Waals surface area contributed by atoms with E-state index in [2.05, 4.69) is 11.1 Å². The molecule has 0 fully saturated rings. The van der Waals surface area contributed by atoms with Crippen LogP contribution in [0.25, 0.3) is 11.1 Å². The third-order valence-corrected chi connectivity index (χ3v) is 3.83. The Kier molecular flexibility index (Phi) is 3.11. The van der Waals surface area contributed by atoms with Crippen LogP contribution in [-0.2, 0) is 12.8 Å². The molecule has 100 valence electrons. The van der Waals surface area contributed by atoms with E-state index in [4.69, 9.17) is 5.73 Å². The normalized spacial score (nSPS) is 13.6. The maximum atomic E-state index is 14.1. The fourth-order valence-electron chi connectivity index (χ4n) is 2.91. The van der Waals surface area contributed by atoms with Crippen molar-refractivity contribution in [1.82, 2.24) is 0 Å². The van der Waals surface area contributed by atoms with Gasteiger partial charge in [0, 0.05) is 23.1 Å². The molecular formula is C16H15FN3+. The van der Waals surface area contributed by atoms with Gasteiger partial charge in [0.25, 0.3) is 5.82 Å². The Morgan fingerprint density at radius 2 is 1.95 bits per heavy atom. The van der Waals surface area contributed by atoms with E-state index >= 15 is 0 Å². The molecule has 3 nitrogen and oxygen atoms in total. The molecule has 2 aromatic rings. The molecule has 3 rings (SSSR count). The highest BCUT2D eigenvalue weighted by Crippen LogP contribution is 2.35. The van der Waals surface area contributed by atoms with Crippen LogP contribution in [0.3, 0.4) is 0 Å². The minimum atomic E-state index is -0.317. The molecular weight excluding hydrogens is 253 g/mol. The van der Waals surface area contributed by atoms with Crippen molar-refractivity contribution in [2.24, 2.45) is 0 Å². The van der Waals surface area contributed by atoms with Gasteiger partial charge in [-0.05, 0) is 25.3 Å². The van der Waals surface area contributed by atoms with Crippen LogP contribution in [-0.4, -0.2) is 0 Å². The standard InChI is InChI=1S/C16H14FN3/c17-13-7-3-1-5-10(13)15-11-6-2-4-8-14(11)20-16(19)12(15)9-18/h1,3,5,7H,2,4,6,8H2,(H2,19,20)/p+1. The lowest BCUT2D eigenvalue weighted by atomic mass is 9.86. The van der Waals surface area contributed by atoms with Gasteiger partial charge in [-0.2, -0.15) is 5.26 Å². The molecule has 1 aliphatic carbocycles. The smallest absolute Gasteiger partial charge is 0.286 e. The van der Waals surface area contributed by atoms with Gasteiger partial charge in [0.15, 0.2) is 0 Å². The van der Waals surface area contributed by atoms with Crippen molar-refractivity contribution in [3.05, 3.63) is 46.9 Å². The lowest BCUT2D eigenvalue weighted by Crippen LogP contribution is -2.24. The van der Waals surface area contributed by atoms with Crippen molar-refractivity contribution in [3.63, 3.8) is 0 Å². The van der Waals surface area contributed by atoms with Crippen molar-refractivity contribution in [2.75, 3.05) is 5.73 Å². The monoisotopic (exact) mass is 268 g/mol. The molecule has 0 saturated carbocycles. The van der Waals surface area contributed by atoms with Gasteiger partial charge in [-0.15, -0.1) is 0 Å². The van der Waals surface area contributed by atoms with E-state index < -0.39 is 0 Å². The van der Waals surface area contributed by atoms with E-state index in [0.29, 0.717) is 22.5 Å². The second-order valence-corrected chi connectivity index (χ2v) is 5.04. The van der Waals surface area contributed by atoms with Crippen molar-refractivity contribution in [2.45, 2.75) is 25.7 Å². The number of aromatic nitrogens is 1.